The van der Waals surface area contributed by atoms with E-state index in [1.807, 2.05) is 0 Å². The number of sulfonamides is 1. The molecule has 1 heterocycles. The molecule has 0 bridgehead atoms. The van der Waals surface area contributed by atoms with E-state index < -0.39 is 16.0 Å². The standard InChI is InChI=1S/C15H17N3O5S2/c1-9-3-4-10(7-11(9)18-25(2,22)23)14(19)16-6-5-13-17-12(8-24-13)15(20)21/h3-4,7-8,18H,5-6H2,1-2H3,(H,16,19)(H,20,21). The summed E-state index contributed by atoms with van der Waals surface area (Å²) in [6.07, 6.45) is 1.45. The molecular weight excluding hydrogens is 366 g/mol. The number of aromatic nitrogens is 1. The first-order valence-corrected chi connectivity index (χ1v) is 9.97. The summed E-state index contributed by atoms with van der Waals surface area (Å²) >= 11 is 1.22. The summed E-state index contributed by atoms with van der Waals surface area (Å²) in [6.45, 7) is 2.02. The molecule has 1 aromatic heterocycles. The number of aryl methyl sites for hydroxylation is 1. The smallest absolute Gasteiger partial charge is 0.355 e. The Labute approximate surface area is 149 Å². The number of carbonyl (C=O) groups excluding carboxylic acids is 1. The lowest BCUT2D eigenvalue weighted by Crippen LogP contribution is -2.26. The van der Waals surface area contributed by atoms with Crippen molar-refractivity contribution in [2.45, 2.75) is 13.3 Å². The zero-order chi connectivity index (χ0) is 18.6. The highest BCUT2D eigenvalue weighted by molar-refractivity contribution is 7.92. The fourth-order valence-electron chi connectivity index (χ4n) is 1.98. The highest BCUT2D eigenvalue weighted by atomic mass is 32.2. The Balaban J connectivity index is 1.98. The summed E-state index contributed by atoms with van der Waals surface area (Å²) < 4.78 is 25.1. The van der Waals surface area contributed by atoms with Crippen molar-refractivity contribution in [3.05, 3.63) is 45.4 Å². The lowest BCUT2D eigenvalue weighted by Gasteiger charge is -2.10. The first-order chi connectivity index (χ1) is 11.7. The van der Waals surface area contributed by atoms with Crippen LogP contribution in [0.3, 0.4) is 0 Å². The number of amides is 1. The molecule has 1 amide bonds. The number of nitrogens with zero attached hydrogens (tertiary/aromatic N) is 1. The number of benzene rings is 1. The van der Waals surface area contributed by atoms with Gasteiger partial charge in [0.25, 0.3) is 5.91 Å². The third kappa shape index (κ3) is 5.54. The quantitative estimate of drug-likeness (QED) is 0.665. The van der Waals surface area contributed by atoms with Crippen molar-refractivity contribution in [3.8, 4) is 0 Å². The number of nitrogens with one attached hydrogen (secondary N) is 2. The van der Waals surface area contributed by atoms with Gasteiger partial charge in [-0.15, -0.1) is 11.3 Å². The van der Waals surface area contributed by atoms with Crippen LogP contribution >= 0.6 is 11.3 Å². The predicted octanol–water partition coefficient (Wildman–Crippen LogP) is 1.49. The van der Waals surface area contributed by atoms with Crippen LogP contribution in [-0.4, -0.2) is 43.2 Å². The van der Waals surface area contributed by atoms with Crippen LogP contribution in [0, 0.1) is 6.92 Å². The normalized spacial score (nSPS) is 11.1. The average Bonchev–Trinajstić information content (AvgIpc) is 2.97. The topological polar surface area (TPSA) is 125 Å². The van der Waals surface area contributed by atoms with Crippen LogP contribution in [0.5, 0.6) is 0 Å². The Morgan fingerprint density at radius 1 is 1.32 bits per heavy atom. The molecule has 3 N–H and O–H groups in total. The number of thiazole rings is 1. The molecule has 0 spiro atoms. The van der Waals surface area contributed by atoms with Crippen molar-refractivity contribution in [2.24, 2.45) is 0 Å². The molecule has 1 aromatic carbocycles. The Bertz CT molecular complexity index is 906. The van der Waals surface area contributed by atoms with Crippen LogP contribution in [0.4, 0.5) is 5.69 Å². The largest absolute Gasteiger partial charge is 0.476 e. The van der Waals surface area contributed by atoms with Gasteiger partial charge in [-0.1, -0.05) is 6.07 Å². The first kappa shape index (κ1) is 18.9. The number of carbonyl (C=O) groups is 2. The Morgan fingerprint density at radius 3 is 2.64 bits per heavy atom. The number of anilines is 1. The lowest BCUT2D eigenvalue weighted by molar-refractivity contribution is 0.0690. The summed E-state index contributed by atoms with van der Waals surface area (Å²) in [5.41, 5.74) is 1.36. The molecule has 134 valence electrons. The molecule has 8 nitrogen and oxygen atoms in total. The molecule has 0 aliphatic heterocycles. The fourth-order valence-corrected chi connectivity index (χ4v) is 3.37. The maximum atomic E-state index is 12.2. The van der Waals surface area contributed by atoms with Crippen molar-refractivity contribution in [1.29, 1.82) is 0 Å². The summed E-state index contributed by atoms with van der Waals surface area (Å²) in [4.78, 5) is 26.9. The molecule has 0 saturated carbocycles. The highest BCUT2D eigenvalue weighted by Crippen LogP contribution is 2.18. The number of aromatic carboxylic acids is 1. The van der Waals surface area contributed by atoms with Crippen LogP contribution < -0.4 is 10.0 Å². The average molecular weight is 383 g/mol. The van der Waals surface area contributed by atoms with Gasteiger partial charge in [-0.3, -0.25) is 9.52 Å². The van der Waals surface area contributed by atoms with E-state index in [4.69, 9.17) is 5.11 Å². The second-order valence-electron chi connectivity index (χ2n) is 5.34. The van der Waals surface area contributed by atoms with Crippen LogP contribution in [0.2, 0.25) is 0 Å². The lowest BCUT2D eigenvalue weighted by atomic mass is 10.1. The van der Waals surface area contributed by atoms with Crippen LogP contribution in [0.1, 0.15) is 31.4 Å². The first-order valence-electron chi connectivity index (χ1n) is 7.20. The number of hydrogen-bond acceptors (Lipinski definition) is 6. The zero-order valence-corrected chi connectivity index (χ0v) is 15.2. The van der Waals surface area contributed by atoms with Gasteiger partial charge in [-0.2, -0.15) is 0 Å². The maximum Gasteiger partial charge on any atom is 0.355 e. The summed E-state index contributed by atoms with van der Waals surface area (Å²) in [5, 5.41) is 13.6. The van der Waals surface area contributed by atoms with E-state index in [0.717, 1.165) is 6.26 Å². The van der Waals surface area contributed by atoms with Crippen molar-refractivity contribution in [3.63, 3.8) is 0 Å². The molecule has 25 heavy (non-hydrogen) atoms. The Hall–Kier alpha value is -2.46. The molecule has 0 saturated heterocycles. The van der Waals surface area contributed by atoms with Gasteiger partial charge in [-0.25, -0.2) is 18.2 Å². The molecular formula is C15H17N3O5S2. The Morgan fingerprint density at radius 2 is 2.04 bits per heavy atom. The Kier molecular flexibility index (Phi) is 5.75. The van der Waals surface area contributed by atoms with Crippen molar-refractivity contribution < 1.29 is 23.1 Å². The predicted molar refractivity (Wildman–Crippen MR) is 94.8 cm³/mol. The summed E-state index contributed by atoms with van der Waals surface area (Å²) in [5.74, 6) is -1.44. The van der Waals surface area contributed by atoms with Crippen molar-refractivity contribution in [2.75, 3.05) is 17.5 Å². The van der Waals surface area contributed by atoms with E-state index in [1.165, 1.54) is 22.8 Å². The third-order valence-electron chi connectivity index (χ3n) is 3.19. The van der Waals surface area contributed by atoms with E-state index in [2.05, 4.69) is 15.0 Å². The monoisotopic (exact) mass is 383 g/mol. The molecule has 0 unspecified atom stereocenters. The fraction of sp³-hybridized carbons (Fsp3) is 0.267. The van der Waals surface area contributed by atoms with Gasteiger partial charge in [0, 0.05) is 23.9 Å². The van der Waals surface area contributed by atoms with Gasteiger partial charge >= 0.3 is 5.97 Å². The van der Waals surface area contributed by atoms with Gasteiger partial charge in [-0.05, 0) is 24.6 Å². The van der Waals surface area contributed by atoms with Gasteiger partial charge in [0.2, 0.25) is 10.0 Å². The minimum atomic E-state index is -3.44. The van der Waals surface area contributed by atoms with Gasteiger partial charge < -0.3 is 10.4 Å². The number of rotatable bonds is 7. The molecule has 2 rings (SSSR count). The van der Waals surface area contributed by atoms with Crippen LogP contribution in [-0.2, 0) is 16.4 Å². The SMILES string of the molecule is Cc1ccc(C(=O)NCCc2nc(C(=O)O)cs2)cc1NS(C)(=O)=O. The highest BCUT2D eigenvalue weighted by Gasteiger charge is 2.12. The minimum Gasteiger partial charge on any atom is -0.476 e. The molecule has 0 radical (unpaired) electrons. The molecule has 0 fully saturated rings. The third-order valence-corrected chi connectivity index (χ3v) is 4.69. The van der Waals surface area contributed by atoms with E-state index in [1.54, 1.807) is 19.1 Å². The minimum absolute atomic E-state index is 0.0126. The van der Waals surface area contributed by atoms with Gasteiger partial charge in [0.1, 0.15) is 0 Å². The van der Waals surface area contributed by atoms with Crippen molar-refractivity contribution >= 4 is 38.9 Å². The van der Waals surface area contributed by atoms with E-state index >= 15 is 0 Å². The number of carboxylic acids is 1. The molecule has 0 aliphatic rings. The van der Waals surface area contributed by atoms with E-state index in [-0.39, 0.29) is 18.1 Å². The second-order valence-corrected chi connectivity index (χ2v) is 8.03. The molecule has 0 aliphatic carbocycles. The van der Waals surface area contributed by atoms with Gasteiger partial charge in [0.05, 0.1) is 17.0 Å². The number of hydrogen-bond donors (Lipinski definition) is 3. The molecule has 0 atom stereocenters. The van der Waals surface area contributed by atoms with Crippen LogP contribution in [0.15, 0.2) is 23.6 Å². The van der Waals surface area contributed by atoms with Gasteiger partial charge in [0.15, 0.2) is 5.69 Å². The van der Waals surface area contributed by atoms with Crippen LogP contribution in [0.25, 0.3) is 0 Å². The summed E-state index contributed by atoms with van der Waals surface area (Å²) in [7, 11) is -3.44. The number of carboxylic acid groups (broad SMARTS) is 1. The summed E-state index contributed by atoms with van der Waals surface area (Å²) in [6, 6.07) is 4.73. The maximum absolute atomic E-state index is 12.2. The van der Waals surface area contributed by atoms with Crippen molar-refractivity contribution in [1.82, 2.24) is 10.3 Å². The second kappa shape index (κ2) is 7.62. The zero-order valence-electron chi connectivity index (χ0n) is 13.6. The molecule has 2 aromatic rings. The molecule has 10 heteroatoms. The van der Waals surface area contributed by atoms with E-state index in [9.17, 15) is 18.0 Å². The van der Waals surface area contributed by atoms with E-state index in [0.29, 0.717) is 28.2 Å².